The van der Waals surface area contributed by atoms with Crippen molar-refractivity contribution in [2.75, 3.05) is 6.61 Å². The van der Waals surface area contributed by atoms with Gasteiger partial charge in [0.1, 0.15) is 11.5 Å². The number of rotatable bonds is 11. The first-order valence-corrected chi connectivity index (χ1v) is 11.6. The Morgan fingerprint density at radius 2 is 1.67 bits per heavy atom. The molecule has 3 rings (SSSR count). The fourth-order valence-corrected chi connectivity index (χ4v) is 3.91. The predicted molar refractivity (Wildman–Crippen MR) is 130 cm³/mol. The lowest BCUT2D eigenvalue weighted by Crippen LogP contribution is -2.39. The monoisotopic (exact) mass is 447 g/mol. The molecule has 2 aromatic carbocycles. The highest BCUT2D eigenvalue weighted by Crippen LogP contribution is 2.21. The maximum atomic E-state index is 12.7. The Morgan fingerprint density at radius 1 is 0.970 bits per heavy atom. The van der Waals surface area contributed by atoms with Gasteiger partial charge in [0.15, 0.2) is 0 Å². The van der Waals surface area contributed by atoms with Gasteiger partial charge in [-0.1, -0.05) is 61.5 Å². The number of benzene rings is 2. The van der Waals surface area contributed by atoms with Crippen molar-refractivity contribution < 1.29 is 18.7 Å². The molecule has 1 heterocycles. The van der Waals surface area contributed by atoms with E-state index in [0.29, 0.717) is 32.3 Å². The number of hydrogen-bond donors (Lipinski definition) is 1. The van der Waals surface area contributed by atoms with E-state index in [1.54, 1.807) is 6.92 Å². The van der Waals surface area contributed by atoms with Gasteiger partial charge in [-0.25, -0.2) is 0 Å². The summed E-state index contributed by atoms with van der Waals surface area (Å²) in [5.74, 6) is 1.06. The molecule has 174 valence electrons. The minimum atomic E-state index is -0.299. The van der Waals surface area contributed by atoms with Gasteiger partial charge < -0.3 is 14.5 Å². The highest BCUT2D eigenvalue weighted by atomic mass is 16.5. The van der Waals surface area contributed by atoms with Crippen LogP contribution < -0.4 is 5.32 Å². The number of carbonyl (C=O) groups is 2. The number of ether oxygens (including phenoxy) is 1. The maximum Gasteiger partial charge on any atom is 0.308 e. The number of carbonyl (C=O) groups excluding carboxylic acids is 2. The molecule has 0 spiro atoms. The Balaban J connectivity index is 1.65. The number of amides is 1. The summed E-state index contributed by atoms with van der Waals surface area (Å²) in [5.41, 5.74) is 3.42. The van der Waals surface area contributed by atoms with Crippen LogP contribution in [0.25, 0.3) is 11.1 Å². The summed E-state index contributed by atoms with van der Waals surface area (Å²) in [7, 11) is 0. The number of hydrogen-bond acceptors (Lipinski definition) is 4. The Bertz CT molecular complexity index is 1020. The molecular weight excluding hydrogens is 414 g/mol. The van der Waals surface area contributed by atoms with E-state index in [-0.39, 0.29) is 23.8 Å². The largest absolute Gasteiger partial charge is 0.466 e. The maximum absolute atomic E-state index is 12.7. The summed E-state index contributed by atoms with van der Waals surface area (Å²) in [6, 6.07) is 22.2. The van der Waals surface area contributed by atoms with E-state index in [2.05, 4.69) is 41.7 Å². The standard InChI is InChI=1S/C28H33NO4/c1-4-32-28(31)20(2)18-25(29-27(30)17-16-26-15-10-21(3)33-26)19-22-11-13-24(14-12-22)23-8-6-5-7-9-23/h5-15,20,25H,4,16-19H2,1-3H3,(H,29,30)/t20-,25+/m1/s1. The molecule has 0 fully saturated rings. The van der Waals surface area contributed by atoms with Crippen molar-refractivity contribution in [3.05, 3.63) is 83.8 Å². The van der Waals surface area contributed by atoms with Gasteiger partial charge in [-0.05, 0) is 55.5 Å². The average Bonchev–Trinajstić information content (AvgIpc) is 3.24. The van der Waals surface area contributed by atoms with Gasteiger partial charge in [-0.3, -0.25) is 9.59 Å². The molecule has 3 aromatic rings. The van der Waals surface area contributed by atoms with Crippen molar-refractivity contribution in [1.82, 2.24) is 5.32 Å². The van der Waals surface area contributed by atoms with Gasteiger partial charge in [0.2, 0.25) is 5.91 Å². The number of nitrogens with one attached hydrogen (secondary N) is 1. The summed E-state index contributed by atoms with van der Waals surface area (Å²) in [6.07, 6.45) is 2.05. The molecule has 2 atom stereocenters. The lowest BCUT2D eigenvalue weighted by molar-refractivity contribution is -0.148. The Hall–Kier alpha value is -3.34. The third kappa shape index (κ3) is 7.63. The first kappa shape index (κ1) is 24.3. The number of furan rings is 1. The lowest BCUT2D eigenvalue weighted by atomic mass is 9.94. The minimum absolute atomic E-state index is 0.0500. The molecule has 0 bridgehead atoms. The van der Waals surface area contributed by atoms with Gasteiger partial charge in [0, 0.05) is 18.9 Å². The third-order valence-corrected chi connectivity index (χ3v) is 5.63. The van der Waals surface area contributed by atoms with E-state index in [9.17, 15) is 9.59 Å². The highest BCUT2D eigenvalue weighted by molar-refractivity contribution is 5.77. The van der Waals surface area contributed by atoms with Gasteiger partial charge >= 0.3 is 5.97 Å². The molecule has 1 aromatic heterocycles. The van der Waals surface area contributed by atoms with Crippen molar-refractivity contribution in [1.29, 1.82) is 0 Å². The molecule has 0 radical (unpaired) electrons. The topological polar surface area (TPSA) is 68.5 Å². The Morgan fingerprint density at radius 3 is 2.30 bits per heavy atom. The van der Waals surface area contributed by atoms with E-state index in [0.717, 1.165) is 28.2 Å². The van der Waals surface area contributed by atoms with E-state index in [1.807, 2.05) is 44.2 Å². The highest BCUT2D eigenvalue weighted by Gasteiger charge is 2.22. The van der Waals surface area contributed by atoms with Crippen LogP contribution in [0, 0.1) is 12.8 Å². The molecule has 5 nitrogen and oxygen atoms in total. The first-order valence-electron chi connectivity index (χ1n) is 11.6. The molecule has 0 aliphatic carbocycles. The first-order chi connectivity index (χ1) is 15.9. The van der Waals surface area contributed by atoms with E-state index in [4.69, 9.17) is 9.15 Å². The quantitative estimate of drug-likeness (QED) is 0.394. The van der Waals surface area contributed by atoms with Crippen molar-refractivity contribution in [3.8, 4) is 11.1 Å². The molecule has 5 heteroatoms. The van der Waals surface area contributed by atoms with Crippen LogP contribution in [0.2, 0.25) is 0 Å². The molecule has 1 amide bonds. The second-order valence-corrected chi connectivity index (χ2v) is 8.43. The molecule has 0 aliphatic heterocycles. The van der Waals surface area contributed by atoms with Gasteiger partial charge in [0.25, 0.3) is 0 Å². The van der Waals surface area contributed by atoms with Gasteiger partial charge in [-0.2, -0.15) is 0 Å². The second-order valence-electron chi connectivity index (χ2n) is 8.43. The SMILES string of the molecule is CCOC(=O)[C@H](C)C[C@@H](Cc1ccc(-c2ccccc2)cc1)NC(=O)CCc1ccc(C)o1. The van der Waals surface area contributed by atoms with Crippen molar-refractivity contribution in [3.63, 3.8) is 0 Å². The van der Waals surface area contributed by atoms with E-state index in [1.165, 1.54) is 0 Å². The zero-order valence-electron chi connectivity index (χ0n) is 19.7. The molecule has 0 saturated heterocycles. The minimum Gasteiger partial charge on any atom is -0.466 e. The summed E-state index contributed by atoms with van der Waals surface area (Å²) in [5, 5.41) is 3.13. The summed E-state index contributed by atoms with van der Waals surface area (Å²) >= 11 is 0. The van der Waals surface area contributed by atoms with Crippen LogP contribution in [0.1, 0.15) is 43.8 Å². The normalized spacial score (nSPS) is 12.7. The summed E-state index contributed by atoms with van der Waals surface area (Å²) in [6.45, 7) is 5.89. The molecule has 1 N–H and O–H groups in total. The van der Waals surface area contributed by atoms with Crippen LogP contribution in [0.5, 0.6) is 0 Å². The molecule has 0 aliphatic rings. The van der Waals surface area contributed by atoms with Crippen LogP contribution in [-0.2, 0) is 27.2 Å². The third-order valence-electron chi connectivity index (χ3n) is 5.63. The van der Waals surface area contributed by atoms with Gasteiger partial charge in [0.05, 0.1) is 12.5 Å². The Kier molecular flexibility index (Phi) is 8.87. The van der Waals surface area contributed by atoms with E-state index < -0.39 is 0 Å². The zero-order chi connectivity index (χ0) is 23.6. The molecule has 33 heavy (non-hydrogen) atoms. The molecule has 0 saturated carbocycles. The lowest BCUT2D eigenvalue weighted by Gasteiger charge is -2.22. The zero-order valence-corrected chi connectivity index (χ0v) is 19.7. The fraction of sp³-hybridized carbons (Fsp3) is 0.357. The van der Waals surface area contributed by atoms with E-state index >= 15 is 0 Å². The summed E-state index contributed by atoms with van der Waals surface area (Å²) < 4.78 is 10.7. The van der Waals surface area contributed by atoms with Crippen LogP contribution in [-0.4, -0.2) is 24.5 Å². The van der Waals surface area contributed by atoms with Crippen LogP contribution in [0.3, 0.4) is 0 Å². The van der Waals surface area contributed by atoms with Gasteiger partial charge in [-0.15, -0.1) is 0 Å². The fourth-order valence-electron chi connectivity index (χ4n) is 3.91. The average molecular weight is 448 g/mol. The number of aryl methyl sites for hydroxylation is 2. The molecular formula is C28H33NO4. The number of esters is 1. The summed E-state index contributed by atoms with van der Waals surface area (Å²) in [4.78, 5) is 24.9. The second kappa shape index (κ2) is 12.0. The van der Waals surface area contributed by atoms with Crippen molar-refractivity contribution >= 4 is 11.9 Å². The Labute approximate surface area is 196 Å². The van der Waals surface area contributed by atoms with Crippen LogP contribution >= 0.6 is 0 Å². The van der Waals surface area contributed by atoms with Crippen LogP contribution in [0.4, 0.5) is 0 Å². The predicted octanol–water partition coefficient (Wildman–Crippen LogP) is 5.50. The van der Waals surface area contributed by atoms with Crippen LogP contribution in [0.15, 0.2) is 71.1 Å². The smallest absolute Gasteiger partial charge is 0.308 e. The van der Waals surface area contributed by atoms with Crippen molar-refractivity contribution in [2.45, 2.75) is 52.5 Å². The molecule has 0 unspecified atom stereocenters. The van der Waals surface area contributed by atoms with Crippen molar-refractivity contribution in [2.24, 2.45) is 5.92 Å².